The summed E-state index contributed by atoms with van der Waals surface area (Å²) in [6.45, 7) is 8.19. The summed E-state index contributed by atoms with van der Waals surface area (Å²) in [6.07, 6.45) is 4.00. The van der Waals surface area contributed by atoms with Gasteiger partial charge >= 0.3 is 5.97 Å². The number of hydrogen-bond donors (Lipinski definition) is 0. The third kappa shape index (κ3) is 4.71. The fourth-order valence-electron chi connectivity index (χ4n) is 4.73. The first-order chi connectivity index (χ1) is 15.9. The van der Waals surface area contributed by atoms with Crippen molar-refractivity contribution in [3.63, 3.8) is 0 Å². The molecule has 3 heterocycles. The second-order valence-corrected chi connectivity index (χ2v) is 8.85. The number of rotatable bonds is 8. The Balaban J connectivity index is 1.25. The predicted octanol–water partition coefficient (Wildman–Crippen LogP) is 2.66. The van der Waals surface area contributed by atoms with Crippen LogP contribution < -0.4 is 4.90 Å². The molecular weight excluding hydrogens is 422 g/mol. The number of ether oxygens (including phenoxy) is 1. The second-order valence-electron chi connectivity index (χ2n) is 8.85. The molecule has 0 spiro atoms. The van der Waals surface area contributed by atoms with E-state index in [2.05, 4.69) is 4.90 Å². The highest BCUT2D eigenvalue weighted by molar-refractivity contribution is 6.32. The van der Waals surface area contributed by atoms with Gasteiger partial charge in [-0.3, -0.25) is 19.3 Å². The highest BCUT2D eigenvalue weighted by Gasteiger charge is 2.37. The number of carbonyl (C=O) groups is 4. The van der Waals surface area contributed by atoms with E-state index in [-0.39, 0.29) is 30.3 Å². The lowest BCUT2D eigenvalue weighted by Gasteiger charge is -2.34. The standard InChI is InChI=1S/C25H31N3O5/c1-3-22(29)27-13-11-26(12-14-27)10-6-4-5-7-20-17(2)23(30)28(24(20)31)19-8-9-21-18(15-19)16-33-25(21)32/h8-9,15H,3-7,10-14,16H2,1-2H3. The predicted molar refractivity (Wildman–Crippen MR) is 123 cm³/mol. The van der Waals surface area contributed by atoms with E-state index in [0.29, 0.717) is 40.8 Å². The molecular formula is C25H31N3O5. The van der Waals surface area contributed by atoms with Crippen molar-refractivity contribution in [1.29, 1.82) is 0 Å². The first kappa shape index (κ1) is 23.2. The molecule has 0 aliphatic carbocycles. The number of amides is 3. The maximum Gasteiger partial charge on any atom is 0.338 e. The first-order valence-corrected chi connectivity index (χ1v) is 11.8. The van der Waals surface area contributed by atoms with Gasteiger partial charge in [0.2, 0.25) is 5.91 Å². The van der Waals surface area contributed by atoms with E-state index in [1.54, 1.807) is 25.1 Å². The van der Waals surface area contributed by atoms with Crippen LogP contribution in [0.5, 0.6) is 0 Å². The third-order valence-electron chi connectivity index (χ3n) is 6.79. The number of unbranched alkanes of at least 4 members (excludes halogenated alkanes) is 2. The Kier molecular flexibility index (Phi) is 6.93. The van der Waals surface area contributed by atoms with E-state index in [1.807, 2.05) is 11.8 Å². The van der Waals surface area contributed by atoms with E-state index in [9.17, 15) is 19.2 Å². The number of cyclic esters (lactones) is 1. The molecule has 176 valence electrons. The molecule has 0 atom stereocenters. The van der Waals surface area contributed by atoms with Crippen LogP contribution in [0, 0.1) is 0 Å². The number of nitrogens with zero attached hydrogens (tertiary/aromatic N) is 3. The summed E-state index contributed by atoms with van der Waals surface area (Å²) in [5.41, 5.74) is 2.76. The van der Waals surface area contributed by atoms with E-state index < -0.39 is 0 Å². The summed E-state index contributed by atoms with van der Waals surface area (Å²) >= 11 is 0. The third-order valence-corrected chi connectivity index (χ3v) is 6.79. The minimum Gasteiger partial charge on any atom is -0.457 e. The zero-order valence-electron chi connectivity index (χ0n) is 19.4. The van der Waals surface area contributed by atoms with Crippen LogP contribution in [-0.2, 0) is 25.7 Å². The Hall–Kier alpha value is -3.00. The van der Waals surface area contributed by atoms with E-state index in [1.165, 1.54) is 4.90 Å². The second kappa shape index (κ2) is 9.87. The maximum atomic E-state index is 13.0. The van der Waals surface area contributed by atoms with Gasteiger partial charge in [0.1, 0.15) is 6.61 Å². The average Bonchev–Trinajstić information content (AvgIpc) is 3.30. The molecule has 1 aromatic carbocycles. The van der Waals surface area contributed by atoms with Gasteiger partial charge in [0.15, 0.2) is 0 Å². The Morgan fingerprint density at radius 3 is 2.48 bits per heavy atom. The first-order valence-electron chi connectivity index (χ1n) is 11.8. The van der Waals surface area contributed by atoms with Crippen LogP contribution >= 0.6 is 0 Å². The van der Waals surface area contributed by atoms with Crippen molar-refractivity contribution in [1.82, 2.24) is 9.80 Å². The average molecular weight is 454 g/mol. The monoisotopic (exact) mass is 453 g/mol. The van der Waals surface area contributed by atoms with Gasteiger partial charge in [-0.25, -0.2) is 9.69 Å². The highest BCUT2D eigenvalue weighted by atomic mass is 16.5. The van der Waals surface area contributed by atoms with Gasteiger partial charge in [-0.2, -0.15) is 0 Å². The maximum absolute atomic E-state index is 13.0. The Labute approximate surface area is 194 Å². The number of imide groups is 1. The zero-order valence-corrected chi connectivity index (χ0v) is 19.4. The molecule has 0 N–H and O–H groups in total. The summed E-state index contributed by atoms with van der Waals surface area (Å²) in [5.74, 6) is -0.703. The van der Waals surface area contributed by atoms with Crippen molar-refractivity contribution in [2.45, 2.75) is 52.6 Å². The van der Waals surface area contributed by atoms with Crippen molar-refractivity contribution in [2.24, 2.45) is 0 Å². The lowest BCUT2D eigenvalue weighted by molar-refractivity contribution is -0.132. The van der Waals surface area contributed by atoms with Gasteiger partial charge in [0.05, 0.1) is 11.3 Å². The number of piperazine rings is 1. The zero-order chi connectivity index (χ0) is 23.5. The normalized spacial score (nSPS) is 18.9. The SMILES string of the molecule is CCC(=O)N1CCN(CCCCCC2=C(C)C(=O)N(c3ccc4c(c3)COC4=O)C2=O)CC1. The van der Waals surface area contributed by atoms with Crippen molar-refractivity contribution in [3.05, 3.63) is 40.5 Å². The molecule has 1 fully saturated rings. The molecule has 0 unspecified atom stereocenters. The number of benzene rings is 1. The molecule has 1 saturated heterocycles. The van der Waals surface area contributed by atoms with E-state index in [4.69, 9.17) is 4.74 Å². The van der Waals surface area contributed by atoms with Gasteiger partial charge in [0, 0.05) is 49.3 Å². The lowest BCUT2D eigenvalue weighted by Crippen LogP contribution is -2.48. The molecule has 3 amide bonds. The van der Waals surface area contributed by atoms with Crippen LogP contribution in [0.2, 0.25) is 0 Å². The lowest BCUT2D eigenvalue weighted by atomic mass is 10.0. The van der Waals surface area contributed by atoms with Crippen molar-refractivity contribution in [3.8, 4) is 0 Å². The van der Waals surface area contributed by atoms with E-state index >= 15 is 0 Å². The van der Waals surface area contributed by atoms with Crippen LogP contribution in [0.4, 0.5) is 5.69 Å². The number of carbonyl (C=O) groups excluding carboxylic acids is 4. The molecule has 3 aliphatic rings. The Morgan fingerprint density at radius 2 is 1.76 bits per heavy atom. The van der Waals surface area contributed by atoms with E-state index in [0.717, 1.165) is 52.0 Å². The van der Waals surface area contributed by atoms with Crippen LogP contribution in [0.25, 0.3) is 0 Å². The minimum atomic E-state index is -0.373. The molecule has 8 nitrogen and oxygen atoms in total. The number of anilines is 1. The summed E-state index contributed by atoms with van der Waals surface area (Å²) in [7, 11) is 0. The Bertz CT molecular complexity index is 1010. The largest absolute Gasteiger partial charge is 0.457 e. The topological polar surface area (TPSA) is 87.2 Å². The fraction of sp³-hybridized carbons (Fsp3) is 0.520. The van der Waals surface area contributed by atoms with Gasteiger partial charge in [-0.1, -0.05) is 13.3 Å². The quantitative estimate of drug-likeness (QED) is 0.342. The van der Waals surface area contributed by atoms with Gasteiger partial charge in [0.25, 0.3) is 11.8 Å². The summed E-state index contributed by atoms with van der Waals surface area (Å²) in [6, 6.07) is 4.94. The molecule has 0 bridgehead atoms. The van der Waals surface area contributed by atoms with Crippen LogP contribution in [-0.4, -0.2) is 66.2 Å². The number of esters is 1. The van der Waals surface area contributed by atoms with Crippen LogP contribution in [0.15, 0.2) is 29.3 Å². The molecule has 33 heavy (non-hydrogen) atoms. The fourth-order valence-corrected chi connectivity index (χ4v) is 4.73. The van der Waals surface area contributed by atoms with Crippen molar-refractivity contribution >= 4 is 29.4 Å². The molecule has 4 rings (SSSR count). The number of fused-ring (bicyclic) bond motifs is 1. The van der Waals surface area contributed by atoms with Crippen molar-refractivity contribution in [2.75, 3.05) is 37.6 Å². The Morgan fingerprint density at radius 1 is 1.00 bits per heavy atom. The molecule has 0 saturated carbocycles. The highest BCUT2D eigenvalue weighted by Crippen LogP contribution is 2.32. The van der Waals surface area contributed by atoms with Gasteiger partial charge in [-0.05, 0) is 50.9 Å². The molecule has 0 aromatic heterocycles. The minimum absolute atomic E-state index is 0.168. The van der Waals surface area contributed by atoms with Crippen LogP contribution in [0.3, 0.4) is 0 Å². The van der Waals surface area contributed by atoms with Crippen molar-refractivity contribution < 1.29 is 23.9 Å². The van der Waals surface area contributed by atoms with Gasteiger partial charge in [-0.15, -0.1) is 0 Å². The summed E-state index contributed by atoms with van der Waals surface area (Å²) < 4.78 is 5.02. The molecule has 8 heteroatoms. The molecule has 1 aromatic rings. The smallest absolute Gasteiger partial charge is 0.338 e. The number of hydrogen-bond acceptors (Lipinski definition) is 6. The summed E-state index contributed by atoms with van der Waals surface area (Å²) in [5, 5.41) is 0. The van der Waals surface area contributed by atoms with Crippen LogP contribution in [0.1, 0.15) is 61.9 Å². The molecule has 3 aliphatic heterocycles. The molecule has 0 radical (unpaired) electrons. The van der Waals surface area contributed by atoms with Gasteiger partial charge < -0.3 is 9.64 Å². The summed E-state index contributed by atoms with van der Waals surface area (Å²) in [4.78, 5) is 54.8.